The Morgan fingerprint density at radius 2 is 2.20 bits per heavy atom. The second-order valence-corrected chi connectivity index (χ2v) is 5.61. The van der Waals surface area contributed by atoms with Gasteiger partial charge in [0.2, 0.25) is 0 Å². The van der Waals surface area contributed by atoms with Crippen LogP contribution in [-0.2, 0) is 11.2 Å². The number of methoxy groups -OCH3 is 1. The van der Waals surface area contributed by atoms with E-state index in [4.69, 9.17) is 19.9 Å². The summed E-state index contributed by atoms with van der Waals surface area (Å²) < 4.78 is 17.0. The van der Waals surface area contributed by atoms with Crippen LogP contribution in [0.25, 0.3) is 0 Å². The zero-order valence-electron chi connectivity index (χ0n) is 12.6. The Kier molecular flexibility index (Phi) is 5.26. The summed E-state index contributed by atoms with van der Waals surface area (Å²) in [5, 5.41) is 0. The number of hydrogen-bond acceptors (Lipinski definition) is 4. The van der Waals surface area contributed by atoms with Crippen LogP contribution in [-0.4, -0.2) is 32.0 Å². The Balaban J connectivity index is 2.03. The largest absolute Gasteiger partial charge is 0.497 e. The molecular weight excluding hydrogens is 254 g/mol. The van der Waals surface area contributed by atoms with Gasteiger partial charge in [0, 0.05) is 12.1 Å². The number of nitrogens with two attached hydrogens (primary N) is 1. The summed E-state index contributed by atoms with van der Waals surface area (Å²) in [5.74, 6) is 1.65. The summed E-state index contributed by atoms with van der Waals surface area (Å²) in [6.07, 6.45) is 3.50. The van der Waals surface area contributed by atoms with Gasteiger partial charge in [-0.15, -0.1) is 0 Å². The zero-order valence-corrected chi connectivity index (χ0v) is 12.6. The molecule has 1 aliphatic rings. The molecular formula is C16H25NO3. The molecule has 0 radical (unpaired) electrons. The summed E-state index contributed by atoms with van der Waals surface area (Å²) in [6, 6.07) is 6.00. The van der Waals surface area contributed by atoms with Gasteiger partial charge in [-0.1, -0.05) is 6.07 Å². The fourth-order valence-electron chi connectivity index (χ4n) is 2.50. The summed E-state index contributed by atoms with van der Waals surface area (Å²) in [4.78, 5) is 0. The summed E-state index contributed by atoms with van der Waals surface area (Å²) in [5.41, 5.74) is 7.01. The topological polar surface area (TPSA) is 53.7 Å². The molecule has 0 bridgehead atoms. The molecule has 1 aromatic carbocycles. The normalized spacial score (nSPS) is 23.6. The molecule has 0 amide bonds. The first-order valence-electron chi connectivity index (χ1n) is 7.29. The predicted molar refractivity (Wildman–Crippen MR) is 79.4 cm³/mol. The van der Waals surface area contributed by atoms with Crippen LogP contribution in [0.2, 0.25) is 0 Å². The van der Waals surface area contributed by atoms with E-state index in [0.717, 1.165) is 36.3 Å². The molecule has 1 aromatic rings. The number of rotatable bonds is 6. The van der Waals surface area contributed by atoms with Gasteiger partial charge in [-0.25, -0.2) is 0 Å². The van der Waals surface area contributed by atoms with Crippen LogP contribution < -0.4 is 15.2 Å². The van der Waals surface area contributed by atoms with Gasteiger partial charge in [0.25, 0.3) is 0 Å². The highest BCUT2D eigenvalue weighted by atomic mass is 16.5. The predicted octanol–water partition coefficient (Wildman–Crippen LogP) is 2.53. The molecule has 20 heavy (non-hydrogen) atoms. The third-order valence-corrected chi connectivity index (χ3v) is 3.56. The lowest BCUT2D eigenvalue weighted by Gasteiger charge is -2.17. The van der Waals surface area contributed by atoms with E-state index in [1.165, 1.54) is 0 Å². The smallest absolute Gasteiger partial charge is 0.126 e. The van der Waals surface area contributed by atoms with Crippen LogP contribution in [0.5, 0.6) is 11.5 Å². The Morgan fingerprint density at radius 3 is 2.80 bits per heavy atom. The lowest BCUT2D eigenvalue weighted by atomic mass is 10.1. The molecule has 2 N–H and O–H groups in total. The van der Waals surface area contributed by atoms with E-state index in [-0.39, 0.29) is 12.1 Å². The monoisotopic (exact) mass is 279 g/mol. The van der Waals surface area contributed by atoms with E-state index in [1.807, 2.05) is 25.1 Å². The van der Waals surface area contributed by atoms with Crippen molar-refractivity contribution in [2.75, 3.05) is 13.7 Å². The van der Waals surface area contributed by atoms with E-state index in [9.17, 15) is 0 Å². The van der Waals surface area contributed by atoms with Crippen LogP contribution in [0, 0.1) is 0 Å². The Morgan fingerprint density at radius 1 is 1.40 bits per heavy atom. The van der Waals surface area contributed by atoms with Crippen molar-refractivity contribution in [3.8, 4) is 11.5 Å². The molecule has 0 aliphatic carbocycles. The van der Waals surface area contributed by atoms with Gasteiger partial charge in [-0.05, 0) is 44.7 Å². The van der Waals surface area contributed by atoms with Crippen molar-refractivity contribution in [2.45, 2.75) is 51.4 Å². The molecule has 4 nitrogen and oxygen atoms in total. The van der Waals surface area contributed by atoms with Crippen molar-refractivity contribution < 1.29 is 14.2 Å². The molecule has 0 aromatic heterocycles. The van der Waals surface area contributed by atoms with Gasteiger partial charge in [0.05, 0.1) is 19.3 Å². The fourth-order valence-corrected chi connectivity index (χ4v) is 2.50. The molecule has 1 heterocycles. The Hall–Kier alpha value is -1.26. The van der Waals surface area contributed by atoms with Crippen molar-refractivity contribution in [1.82, 2.24) is 0 Å². The van der Waals surface area contributed by atoms with Crippen molar-refractivity contribution >= 4 is 0 Å². The Labute approximate surface area is 121 Å². The van der Waals surface area contributed by atoms with E-state index in [1.54, 1.807) is 7.11 Å². The molecule has 3 atom stereocenters. The average molecular weight is 279 g/mol. The number of ether oxygens (including phenoxy) is 3. The third kappa shape index (κ3) is 4.12. The van der Waals surface area contributed by atoms with Crippen molar-refractivity contribution in [2.24, 2.45) is 5.73 Å². The van der Waals surface area contributed by atoms with Gasteiger partial charge < -0.3 is 19.9 Å². The second kappa shape index (κ2) is 6.95. The molecule has 1 fully saturated rings. The van der Waals surface area contributed by atoms with Crippen LogP contribution in [0.1, 0.15) is 32.3 Å². The van der Waals surface area contributed by atoms with Crippen molar-refractivity contribution in [3.05, 3.63) is 23.8 Å². The average Bonchev–Trinajstić information content (AvgIpc) is 2.83. The summed E-state index contributed by atoms with van der Waals surface area (Å²) in [7, 11) is 1.66. The highest BCUT2D eigenvalue weighted by molar-refractivity contribution is 5.41. The van der Waals surface area contributed by atoms with Crippen molar-refractivity contribution in [3.63, 3.8) is 0 Å². The van der Waals surface area contributed by atoms with Crippen LogP contribution in [0.3, 0.4) is 0 Å². The highest BCUT2D eigenvalue weighted by Gasteiger charge is 2.22. The van der Waals surface area contributed by atoms with Crippen molar-refractivity contribution in [1.29, 1.82) is 0 Å². The van der Waals surface area contributed by atoms with Gasteiger partial charge in [0.15, 0.2) is 0 Å². The van der Waals surface area contributed by atoms with E-state index in [0.29, 0.717) is 12.7 Å². The minimum Gasteiger partial charge on any atom is -0.497 e. The maximum Gasteiger partial charge on any atom is 0.126 e. The quantitative estimate of drug-likeness (QED) is 0.869. The summed E-state index contributed by atoms with van der Waals surface area (Å²) in [6.45, 7) is 4.69. The lowest BCUT2D eigenvalue weighted by molar-refractivity contribution is 0.0262. The summed E-state index contributed by atoms with van der Waals surface area (Å²) >= 11 is 0. The minimum absolute atomic E-state index is 0.105. The fraction of sp³-hybridized carbons (Fsp3) is 0.625. The zero-order chi connectivity index (χ0) is 14.5. The first-order chi connectivity index (χ1) is 9.58. The van der Waals surface area contributed by atoms with Gasteiger partial charge in [0.1, 0.15) is 18.1 Å². The van der Waals surface area contributed by atoms with Crippen LogP contribution >= 0.6 is 0 Å². The van der Waals surface area contributed by atoms with E-state index in [2.05, 4.69) is 6.92 Å². The maximum absolute atomic E-state index is 5.95. The lowest BCUT2D eigenvalue weighted by Crippen LogP contribution is -2.21. The molecule has 1 saturated heterocycles. The Bertz CT molecular complexity index is 434. The molecule has 0 spiro atoms. The molecule has 2 rings (SSSR count). The second-order valence-electron chi connectivity index (χ2n) is 5.61. The first kappa shape index (κ1) is 15.1. The highest BCUT2D eigenvalue weighted by Crippen LogP contribution is 2.27. The SMILES string of the molecule is COc1ccc(CC(C)N)c(OCC2CCC(C)O2)c1. The van der Waals surface area contributed by atoms with E-state index >= 15 is 0 Å². The third-order valence-electron chi connectivity index (χ3n) is 3.56. The first-order valence-corrected chi connectivity index (χ1v) is 7.29. The van der Waals surface area contributed by atoms with Crippen LogP contribution in [0.4, 0.5) is 0 Å². The minimum atomic E-state index is 0.105. The number of benzene rings is 1. The maximum atomic E-state index is 5.95. The molecule has 1 aliphatic heterocycles. The van der Waals surface area contributed by atoms with Gasteiger partial charge in [-0.2, -0.15) is 0 Å². The van der Waals surface area contributed by atoms with E-state index < -0.39 is 0 Å². The van der Waals surface area contributed by atoms with Gasteiger partial charge >= 0.3 is 0 Å². The molecule has 112 valence electrons. The molecule has 4 heteroatoms. The molecule has 0 saturated carbocycles. The standard InChI is InChI=1S/C16H25NO3/c1-11(17)8-13-5-7-14(18-3)9-16(13)19-10-15-6-4-12(2)20-15/h5,7,9,11-12,15H,4,6,8,10,17H2,1-3H3. The van der Waals surface area contributed by atoms with Crippen LogP contribution in [0.15, 0.2) is 18.2 Å². The molecule has 3 unspecified atom stereocenters. The van der Waals surface area contributed by atoms with Gasteiger partial charge in [-0.3, -0.25) is 0 Å². The number of hydrogen-bond donors (Lipinski definition) is 1.